The first kappa shape index (κ1) is 15.9. The van der Waals surface area contributed by atoms with Crippen molar-refractivity contribution in [3.8, 4) is 0 Å². The van der Waals surface area contributed by atoms with E-state index in [1.807, 2.05) is 24.3 Å². The van der Waals surface area contributed by atoms with Crippen LogP contribution >= 0.6 is 0 Å². The van der Waals surface area contributed by atoms with Crippen LogP contribution in [0.5, 0.6) is 0 Å². The van der Waals surface area contributed by atoms with Crippen molar-refractivity contribution in [2.24, 2.45) is 0 Å². The highest BCUT2D eigenvalue weighted by Gasteiger charge is 2.23. The Morgan fingerprint density at radius 3 is 2.76 bits per heavy atom. The van der Waals surface area contributed by atoms with Gasteiger partial charge in [-0.05, 0) is 29.8 Å². The highest BCUT2D eigenvalue weighted by atomic mass is 19.1. The lowest BCUT2D eigenvalue weighted by atomic mass is 10.1. The van der Waals surface area contributed by atoms with Gasteiger partial charge in [-0.3, -0.25) is 4.90 Å². The molecule has 3 aromatic rings. The van der Waals surface area contributed by atoms with Crippen molar-refractivity contribution in [1.82, 2.24) is 14.9 Å². The Labute approximate surface area is 145 Å². The van der Waals surface area contributed by atoms with E-state index in [4.69, 9.17) is 10.5 Å². The number of fused-ring (bicyclic) bond motifs is 1. The number of nitrogen functional groups attached to an aromatic ring is 1. The molecule has 6 heteroatoms. The maximum absolute atomic E-state index is 13.1. The molecule has 2 aromatic carbocycles. The first-order chi connectivity index (χ1) is 12.2. The van der Waals surface area contributed by atoms with Gasteiger partial charge in [-0.25, -0.2) is 14.4 Å². The number of para-hydroxylation sites is 1. The summed E-state index contributed by atoms with van der Waals surface area (Å²) >= 11 is 0. The summed E-state index contributed by atoms with van der Waals surface area (Å²) in [5, 5.41) is 0.873. The third kappa shape index (κ3) is 3.45. The van der Waals surface area contributed by atoms with Gasteiger partial charge in [0.2, 0.25) is 0 Å². The molecule has 0 unspecified atom stereocenters. The predicted octanol–water partition coefficient (Wildman–Crippen LogP) is 2.92. The van der Waals surface area contributed by atoms with Gasteiger partial charge in [0.05, 0.1) is 24.8 Å². The second-order valence-corrected chi connectivity index (χ2v) is 6.19. The normalized spacial score (nSPS) is 18.5. The molecule has 4 rings (SSSR count). The Bertz CT molecular complexity index is 884. The van der Waals surface area contributed by atoms with Crippen LogP contribution in [0, 0.1) is 5.82 Å². The molecule has 2 heterocycles. The molecular weight excluding hydrogens is 319 g/mol. The van der Waals surface area contributed by atoms with Gasteiger partial charge < -0.3 is 10.5 Å². The Morgan fingerprint density at radius 1 is 1.12 bits per heavy atom. The number of aromatic nitrogens is 2. The fraction of sp³-hybridized carbons (Fsp3) is 0.263. The van der Waals surface area contributed by atoms with Crippen LogP contribution in [-0.4, -0.2) is 34.6 Å². The lowest BCUT2D eigenvalue weighted by Crippen LogP contribution is -2.38. The van der Waals surface area contributed by atoms with Crippen molar-refractivity contribution < 1.29 is 9.13 Å². The van der Waals surface area contributed by atoms with Crippen molar-refractivity contribution in [3.63, 3.8) is 0 Å². The lowest BCUT2D eigenvalue weighted by molar-refractivity contribution is -0.0336. The maximum atomic E-state index is 13.1. The molecule has 0 saturated carbocycles. The summed E-state index contributed by atoms with van der Waals surface area (Å²) in [4.78, 5) is 11.3. The molecule has 0 aliphatic carbocycles. The summed E-state index contributed by atoms with van der Waals surface area (Å²) in [5.74, 6) is 0.969. The zero-order valence-corrected chi connectivity index (χ0v) is 13.7. The number of nitrogens with zero attached hydrogens (tertiary/aromatic N) is 3. The van der Waals surface area contributed by atoms with Crippen LogP contribution in [-0.2, 0) is 11.3 Å². The van der Waals surface area contributed by atoms with Crippen molar-refractivity contribution in [2.45, 2.75) is 12.6 Å². The van der Waals surface area contributed by atoms with Crippen LogP contribution in [0.25, 0.3) is 10.9 Å². The third-order valence-electron chi connectivity index (χ3n) is 4.44. The van der Waals surface area contributed by atoms with Crippen molar-refractivity contribution >= 4 is 16.7 Å². The van der Waals surface area contributed by atoms with Gasteiger partial charge in [0.15, 0.2) is 0 Å². The number of benzene rings is 2. The second-order valence-electron chi connectivity index (χ2n) is 6.19. The number of morpholine rings is 1. The van der Waals surface area contributed by atoms with Crippen LogP contribution in [0.1, 0.15) is 17.5 Å². The molecular formula is C19H19FN4O. The minimum atomic E-state index is -0.239. The Balaban J connectivity index is 1.51. The molecule has 1 aromatic heterocycles. The average Bonchev–Trinajstić information content (AvgIpc) is 2.63. The topological polar surface area (TPSA) is 64.3 Å². The monoisotopic (exact) mass is 338 g/mol. The molecule has 0 spiro atoms. The first-order valence-electron chi connectivity index (χ1n) is 8.29. The van der Waals surface area contributed by atoms with Gasteiger partial charge in [0.1, 0.15) is 17.5 Å². The van der Waals surface area contributed by atoms with Crippen LogP contribution in [0.2, 0.25) is 0 Å². The predicted molar refractivity (Wildman–Crippen MR) is 94.3 cm³/mol. The molecule has 25 heavy (non-hydrogen) atoms. The first-order valence-corrected chi connectivity index (χ1v) is 8.29. The standard InChI is InChI=1S/C19H19FN4O/c20-14-7-5-13(6-8-14)17-11-24(9-10-25-17)12-18-22-16-4-2-1-3-15(16)19(21)23-18/h1-8,17H,9-12H2,(H2,21,22,23)/t17-/m0/s1. The van der Waals surface area contributed by atoms with Crippen LogP contribution in [0.15, 0.2) is 48.5 Å². The zero-order chi connectivity index (χ0) is 17.2. The highest BCUT2D eigenvalue weighted by molar-refractivity contribution is 5.87. The summed E-state index contributed by atoms with van der Waals surface area (Å²) in [5.41, 5.74) is 7.90. The van der Waals surface area contributed by atoms with E-state index in [1.54, 1.807) is 12.1 Å². The van der Waals surface area contributed by atoms with Gasteiger partial charge in [0, 0.05) is 18.5 Å². The molecule has 0 bridgehead atoms. The van der Waals surface area contributed by atoms with Crippen molar-refractivity contribution in [1.29, 1.82) is 0 Å². The maximum Gasteiger partial charge on any atom is 0.145 e. The van der Waals surface area contributed by atoms with Crippen LogP contribution < -0.4 is 5.73 Å². The number of anilines is 1. The van der Waals surface area contributed by atoms with Gasteiger partial charge in [-0.1, -0.05) is 24.3 Å². The third-order valence-corrected chi connectivity index (χ3v) is 4.44. The summed E-state index contributed by atoms with van der Waals surface area (Å²) in [7, 11) is 0. The fourth-order valence-corrected chi connectivity index (χ4v) is 3.15. The number of rotatable bonds is 3. The molecule has 0 amide bonds. The second kappa shape index (κ2) is 6.74. The van der Waals surface area contributed by atoms with E-state index in [0.29, 0.717) is 31.3 Å². The summed E-state index contributed by atoms with van der Waals surface area (Å²) < 4.78 is 18.9. The number of halogens is 1. The molecule has 5 nitrogen and oxygen atoms in total. The number of nitrogens with two attached hydrogens (primary N) is 1. The average molecular weight is 338 g/mol. The summed E-state index contributed by atoms with van der Waals surface area (Å²) in [6.07, 6.45) is -0.0767. The molecule has 1 aliphatic heterocycles. The molecule has 2 N–H and O–H groups in total. The minimum Gasteiger partial charge on any atom is -0.383 e. The number of ether oxygens (including phenoxy) is 1. The van der Waals surface area contributed by atoms with E-state index < -0.39 is 0 Å². The molecule has 0 radical (unpaired) electrons. The molecule has 1 fully saturated rings. The van der Waals surface area contributed by atoms with Crippen molar-refractivity contribution in [2.75, 3.05) is 25.4 Å². The van der Waals surface area contributed by atoms with Gasteiger partial charge in [-0.2, -0.15) is 0 Å². The van der Waals surface area contributed by atoms with Crippen LogP contribution in [0.4, 0.5) is 10.2 Å². The Hall–Kier alpha value is -2.57. The number of hydrogen-bond acceptors (Lipinski definition) is 5. The summed E-state index contributed by atoms with van der Waals surface area (Å²) in [6.45, 7) is 2.73. The van der Waals surface area contributed by atoms with E-state index in [2.05, 4.69) is 14.9 Å². The van der Waals surface area contributed by atoms with Crippen molar-refractivity contribution in [3.05, 3.63) is 65.7 Å². The molecule has 1 aliphatic rings. The largest absolute Gasteiger partial charge is 0.383 e. The Kier molecular flexibility index (Phi) is 4.29. The van der Waals surface area contributed by atoms with E-state index in [0.717, 1.165) is 23.0 Å². The Morgan fingerprint density at radius 2 is 1.92 bits per heavy atom. The van der Waals surface area contributed by atoms with E-state index in [-0.39, 0.29) is 11.9 Å². The van der Waals surface area contributed by atoms with Gasteiger partial charge in [-0.15, -0.1) is 0 Å². The molecule has 1 saturated heterocycles. The van der Waals surface area contributed by atoms with Gasteiger partial charge in [0.25, 0.3) is 0 Å². The molecule has 1 atom stereocenters. The quantitative estimate of drug-likeness (QED) is 0.795. The van der Waals surface area contributed by atoms with Gasteiger partial charge >= 0.3 is 0 Å². The smallest absolute Gasteiger partial charge is 0.145 e. The lowest BCUT2D eigenvalue weighted by Gasteiger charge is -2.32. The molecule has 128 valence electrons. The van der Waals surface area contributed by atoms with E-state index in [1.165, 1.54) is 12.1 Å². The van der Waals surface area contributed by atoms with E-state index >= 15 is 0 Å². The highest BCUT2D eigenvalue weighted by Crippen LogP contribution is 2.24. The van der Waals surface area contributed by atoms with E-state index in [9.17, 15) is 4.39 Å². The summed E-state index contributed by atoms with van der Waals surface area (Å²) in [6, 6.07) is 14.2. The minimum absolute atomic E-state index is 0.0767. The van der Waals surface area contributed by atoms with Crippen LogP contribution in [0.3, 0.4) is 0 Å². The SMILES string of the molecule is Nc1nc(CN2CCO[C@H](c3ccc(F)cc3)C2)nc2ccccc12. The zero-order valence-electron chi connectivity index (χ0n) is 13.7. The number of hydrogen-bond donors (Lipinski definition) is 1. The fourth-order valence-electron chi connectivity index (χ4n) is 3.15.